The van der Waals surface area contributed by atoms with Crippen LogP contribution in [0.4, 0.5) is 8.78 Å². The number of nitrogens with one attached hydrogen (secondary N) is 1. The van der Waals surface area contributed by atoms with Crippen molar-refractivity contribution in [1.29, 1.82) is 0 Å². The summed E-state index contributed by atoms with van der Waals surface area (Å²) < 4.78 is 34.2. The molecule has 1 spiro atoms. The molecule has 1 fully saturated rings. The Morgan fingerprint density at radius 3 is 2.88 bits per heavy atom. The molecule has 2 aliphatic rings. The molecule has 1 amide bonds. The Bertz CT molecular complexity index is 857. The average molecular weight is 365 g/mol. The third-order valence-corrected chi connectivity index (χ3v) is 5.20. The molecule has 2 atom stereocenters. The molecule has 4 rings (SSSR count). The van der Waals surface area contributed by atoms with E-state index in [1.54, 1.807) is 18.3 Å². The summed E-state index contributed by atoms with van der Waals surface area (Å²) in [6.07, 6.45) is 2.00. The van der Waals surface area contributed by atoms with Crippen LogP contribution in [0.1, 0.15) is 29.7 Å². The van der Waals surface area contributed by atoms with E-state index in [1.165, 1.54) is 12.1 Å². The molecule has 2 aromatic rings. The van der Waals surface area contributed by atoms with Crippen LogP contribution in [0.25, 0.3) is 0 Å². The molecule has 2 heterocycles. The van der Waals surface area contributed by atoms with Gasteiger partial charge >= 0.3 is 0 Å². The van der Waals surface area contributed by atoms with Crippen molar-refractivity contribution in [2.45, 2.75) is 30.7 Å². The van der Waals surface area contributed by atoms with Gasteiger partial charge in [0.05, 0.1) is 12.3 Å². The van der Waals surface area contributed by atoms with Crippen molar-refractivity contribution < 1.29 is 18.3 Å². The van der Waals surface area contributed by atoms with E-state index in [4.69, 9.17) is 16.3 Å². The minimum absolute atomic E-state index is 0.0147. The van der Waals surface area contributed by atoms with Gasteiger partial charge in [-0.05, 0) is 36.6 Å². The van der Waals surface area contributed by atoms with Crippen molar-refractivity contribution in [3.05, 3.63) is 64.2 Å². The Balaban J connectivity index is 1.57. The van der Waals surface area contributed by atoms with Gasteiger partial charge in [0.25, 0.3) is 5.91 Å². The molecule has 1 saturated heterocycles. The molecule has 0 radical (unpaired) electrons. The zero-order valence-electron chi connectivity index (χ0n) is 13.2. The first-order valence-corrected chi connectivity index (χ1v) is 8.33. The van der Waals surface area contributed by atoms with Gasteiger partial charge in [-0.3, -0.25) is 9.78 Å². The molecule has 2 unspecified atom stereocenters. The van der Waals surface area contributed by atoms with Crippen LogP contribution in [0.5, 0.6) is 0 Å². The summed E-state index contributed by atoms with van der Waals surface area (Å²) in [5.74, 6) is -1.22. The molecule has 0 bridgehead atoms. The summed E-state index contributed by atoms with van der Waals surface area (Å²) in [6, 6.07) is 7.05. The van der Waals surface area contributed by atoms with E-state index in [0.717, 1.165) is 6.07 Å². The van der Waals surface area contributed by atoms with Gasteiger partial charge in [0.1, 0.15) is 11.4 Å². The molecule has 1 aromatic carbocycles. The standard InChI is InChI=1S/C18H15ClF2N2O2/c19-14-8-12(20)4-3-11(14)9-23-16(24)18(21)6-5-17(10-25-17)15-13(18)2-1-7-22-15/h1-4,7-8H,5-6,9-10H2,(H,23,24). The number of nitrogens with zero attached hydrogens (tertiary/aromatic N) is 1. The summed E-state index contributed by atoms with van der Waals surface area (Å²) >= 11 is 5.95. The first-order chi connectivity index (χ1) is 11.9. The molecule has 1 aromatic heterocycles. The van der Waals surface area contributed by atoms with Crippen molar-refractivity contribution in [3.8, 4) is 0 Å². The Labute approximate surface area is 148 Å². The number of hydrogen-bond donors (Lipinski definition) is 1. The normalized spacial score (nSPS) is 27.0. The van der Waals surface area contributed by atoms with Crippen molar-refractivity contribution >= 4 is 17.5 Å². The van der Waals surface area contributed by atoms with E-state index in [1.807, 2.05) is 0 Å². The number of ether oxygens (including phenoxy) is 1. The maximum Gasteiger partial charge on any atom is 0.262 e. The van der Waals surface area contributed by atoms with Crippen molar-refractivity contribution in [2.24, 2.45) is 0 Å². The van der Waals surface area contributed by atoms with Crippen LogP contribution in [-0.2, 0) is 27.3 Å². The number of epoxide rings is 1. The van der Waals surface area contributed by atoms with Gasteiger partial charge in [-0.15, -0.1) is 0 Å². The maximum absolute atomic E-state index is 15.6. The third-order valence-electron chi connectivity index (χ3n) is 4.85. The lowest BCUT2D eigenvalue weighted by Crippen LogP contribution is -2.45. The fraction of sp³-hybridized carbons (Fsp3) is 0.333. The highest BCUT2D eigenvalue weighted by Crippen LogP contribution is 2.53. The molecule has 1 N–H and O–H groups in total. The van der Waals surface area contributed by atoms with Gasteiger partial charge in [0, 0.05) is 23.3 Å². The number of carbonyl (C=O) groups excluding carboxylic acids is 1. The van der Waals surface area contributed by atoms with Gasteiger partial charge in [-0.2, -0.15) is 0 Å². The third kappa shape index (κ3) is 2.69. The number of rotatable bonds is 3. The number of alkyl halides is 1. The zero-order chi connectivity index (χ0) is 17.7. The first-order valence-electron chi connectivity index (χ1n) is 7.96. The predicted molar refractivity (Wildman–Crippen MR) is 87.1 cm³/mol. The Hall–Kier alpha value is -2.05. The van der Waals surface area contributed by atoms with Crippen LogP contribution in [-0.4, -0.2) is 17.5 Å². The largest absolute Gasteiger partial charge is 0.363 e. The first kappa shape index (κ1) is 16.4. The second-order valence-electron chi connectivity index (χ2n) is 6.40. The summed E-state index contributed by atoms with van der Waals surface area (Å²) in [7, 11) is 0. The van der Waals surface area contributed by atoms with Crippen molar-refractivity contribution in [1.82, 2.24) is 10.3 Å². The number of fused-ring (bicyclic) bond motifs is 2. The van der Waals surface area contributed by atoms with Gasteiger partial charge in [0.2, 0.25) is 5.67 Å². The lowest BCUT2D eigenvalue weighted by Gasteiger charge is -2.33. The molecule has 130 valence electrons. The van der Waals surface area contributed by atoms with Gasteiger partial charge in [-0.25, -0.2) is 8.78 Å². The number of amides is 1. The molecule has 25 heavy (non-hydrogen) atoms. The lowest BCUT2D eigenvalue weighted by molar-refractivity contribution is -0.135. The molecule has 0 saturated carbocycles. The summed E-state index contributed by atoms with van der Waals surface area (Å²) in [4.78, 5) is 16.8. The Morgan fingerprint density at radius 1 is 1.36 bits per heavy atom. The summed E-state index contributed by atoms with van der Waals surface area (Å²) in [6.45, 7) is 0.515. The van der Waals surface area contributed by atoms with Gasteiger partial charge in [-0.1, -0.05) is 23.7 Å². The van der Waals surface area contributed by atoms with Crippen LogP contribution in [0.3, 0.4) is 0 Å². The van der Waals surface area contributed by atoms with E-state index in [0.29, 0.717) is 24.3 Å². The zero-order valence-corrected chi connectivity index (χ0v) is 13.9. The predicted octanol–water partition coefficient (Wildman–Crippen LogP) is 3.37. The van der Waals surface area contributed by atoms with Crippen LogP contribution < -0.4 is 5.32 Å². The van der Waals surface area contributed by atoms with Crippen LogP contribution in [0.15, 0.2) is 36.5 Å². The van der Waals surface area contributed by atoms with Crippen LogP contribution in [0, 0.1) is 5.82 Å². The minimum atomic E-state index is -2.17. The number of carbonyl (C=O) groups is 1. The van der Waals surface area contributed by atoms with Gasteiger partial charge in [0.15, 0.2) is 0 Å². The summed E-state index contributed by atoms with van der Waals surface area (Å²) in [5.41, 5.74) is -1.44. The number of benzene rings is 1. The minimum Gasteiger partial charge on any atom is -0.363 e. The Kier molecular flexibility index (Phi) is 3.77. The van der Waals surface area contributed by atoms with Crippen molar-refractivity contribution in [3.63, 3.8) is 0 Å². The smallest absolute Gasteiger partial charge is 0.262 e. The SMILES string of the molecule is O=C(NCc1ccc(F)cc1Cl)C1(F)CCC2(CO2)c2ncccc21. The van der Waals surface area contributed by atoms with Gasteiger partial charge < -0.3 is 10.1 Å². The Morgan fingerprint density at radius 2 is 2.16 bits per heavy atom. The number of pyridine rings is 1. The second kappa shape index (κ2) is 5.75. The van der Waals surface area contributed by atoms with E-state index in [-0.39, 0.29) is 23.6 Å². The highest BCUT2D eigenvalue weighted by Gasteiger charge is 2.58. The average Bonchev–Trinajstić information content (AvgIpc) is 3.39. The topological polar surface area (TPSA) is 54.5 Å². The molecular weight excluding hydrogens is 350 g/mol. The van der Waals surface area contributed by atoms with Crippen molar-refractivity contribution in [2.75, 3.05) is 6.61 Å². The quantitative estimate of drug-likeness (QED) is 0.849. The molecule has 1 aliphatic heterocycles. The highest BCUT2D eigenvalue weighted by molar-refractivity contribution is 6.31. The number of hydrogen-bond acceptors (Lipinski definition) is 3. The molecule has 1 aliphatic carbocycles. The second-order valence-corrected chi connectivity index (χ2v) is 6.81. The summed E-state index contributed by atoms with van der Waals surface area (Å²) in [5, 5.41) is 2.75. The monoisotopic (exact) mass is 364 g/mol. The van der Waals surface area contributed by atoms with Crippen LogP contribution >= 0.6 is 11.6 Å². The van der Waals surface area contributed by atoms with E-state index >= 15 is 4.39 Å². The number of aromatic nitrogens is 1. The number of halogens is 3. The highest BCUT2D eigenvalue weighted by atomic mass is 35.5. The molecule has 7 heteroatoms. The molecule has 4 nitrogen and oxygen atoms in total. The van der Waals surface area contributed by atoms with E-state index < -0.39 is 23.0 Å². The van der Waals surface area contributed by atoms with E-state index in [9.17, 15) is 9.18 Å². The fourth-order valence-electron chi connectivity index (χ4n) is 3.30. The van der Waals surface area contributed by atoms with E-state index in [2.05, 4.69) is 10.3 Å². The maximum atomic E-state index is 15.6. The van der Waals surface area contributed by atoms with Crippen LogP contribution in [0.2, 0.25) is 5.02 Å². The fourth-order valence-corrected chi connectivity index (χ4v) is 3.53. The lowest BCUT2D eigenvalue weighted by atomic mass is 9.77. The molecular formula is C18H15ClF2N2O2.